The second kappa shape index (κ2) is 10.5. The van der Waals surface area contributed by atoms with Gasteiger partial charge in [0, 0.05) is 13.1 Å². The molecule has 0 saturated heterocycles. The molecule has 5 nitrogen and oxygen atoms in total. The van der Waals surface area contributed by atoms with E-state index in [1.54, 1.807) is 12.0 Å². The lowest BCUT2D eigenvalue weighted by molar-refractivity contribution is -0.140. The number of hydrogen-bond acceptors (Lipinski definition) is 3. The zero-order valence-electron chi connectivity index (χ0n) is 17.2. The molecule has 1 unspecified atom stereocenters. The molecule has 150 valence electrons. The topological polar surface area (TPSA) is 58.6 Å². The van der Waals surface area contributed by atoms with Gasteiger partial charge in [-0.25, -0.2) is 0 Å². The van der Waals surface area contributed by atoms with Gasteiger partial charge in [0.25, 0.3) is 0 Å². The van der Waals surface area contributed by atoms with Gasteiger partial charge in [-0.15, -0.1) is 0 Å². The van der Waals surface area contributed by atoms with Gasteiger partial charge in [0.05, 0.1) is 13.5 Å². The van der Waals surface area contributed by atoms with Gasteiger partial charge in [0.1, 0.15) is 11.8 Å². The van der Waals surface area contributed by atoms with Crippen LogP contribution in [0.3, 0.4) is 0 Å². The van der Waals surface area contributed by atoms with Gasteiger partial charge < -0.3 is 15.0 Å². The molecular weight excluding hydrogens is 352 g/mol. The molecule has 2 aromatic rings. The number of aryl methyl sites for hydroxylation is 1. The van der Waals surface area contributed by atoms with E-state index in [0.717, 1.165) is 22.4 Å². The fraction of sp³-hybridized carbons (Fsp3) is 0.391. The molecule has 0 aliphatic carbocycles. The summed E-state index contributed by atoms with van der Waals surface area (Å²) in [5.41, 5.74) is 3.07. The fourth-order valence-electron chi connectivity index (χ4n) is 3.12. The van der Waals surface area contributed by atoms with Crippen molar-refractivity contribution in [2.45, 2.75) is 46.2 Å². The highest BCUT2D eigenvalue weighted by Crippen LogP contribution is 2.17. The van der Waals surface area contributed by atoms with E-state index in [4.69, 9.17) is 4.74 Å². The Labute approximate surface area is 167 Å². The van der Waals surface area contributed by atoms with Crippen LogP contribution in [0, 0.1) is 6.92 Å². The van der Waals surface area contributed by atoms with E-state index >= 15 is 0 Å². The summed E-state index contributed by atoms with van der Waals surface area (Å²) in [5.74, 6) is 0.575. The molecule has 0 aliphatic heterocycles. The maximum atomic E-state index is 13.2. The van der Waals surface area contributed by atoms with Crippen molar-refractivity contribution in [1.82, 2.24) is 10.2 Å². The Morgan fingerprint density at radius 3 is 2.14 bits per heavy atom. The molecule has 0 radical (unpaired) electrons. The monoisotopic (exact) mass is 382 g/mol. The van der Waals surface area contributed by atoms with Crippen molar-refractivity contribution in [3.05, 3.63) is 65.2 Å². The predicted octanol–water partition coefficient (Wildman–Crippen LogP) is 3.49. The standard InChI is InChI=1S/C23H30N2O3/c1-5-21(23(27)24-6-2)25(16-19-9-7-17(3)8-10-19)22(26)15-18-11-13-20(28-4)14-12-18/h7-14,21H,5-6,15-16H2,1-4H3,(H,24,27). The number of rotatable bonds is 9. The van der Waals surface area contributed by atoms with E-state index in [1.807, 2.05) is 69.3 Å². The first-order valence-corrected chi connectivity index (χ1v) is 9.74. The summed E-state index contributed by atoms with van der Waals surface area (Å²) in [5, 5.41) is 2.86. The molecule has 0 spiro atoms. The molecule has 2 rings (SSSR count). The van der Waals surface area contributed by atoms with Gasteiger partial charge in [-0.05, 0) is 43.5 Å². The Kier molecular flexibility index (Phi) is 8.05. The number of amides is 2. The average Bonchev–Trinajstić information content (AvgIpc) is 2.70. The summed E-state index contributed by atoms with van der Waals surface area (Å²) < 4.78 is 5.18. The van der Waals surface area contributed by atoms with Crippen molar-refractivity contribution in [3.63, 3.8) is 0 Å². The first-order valence-electron chi connectivity index (χ1n) is 9.74. The third-order valence-electron chi connectivity index (χ3n) is 4.72. The van der Waals surface area contributed by atoms with E-state index < -0.39 is 6.04 Å². The number of methoxy groups -OCH3 is 1. The minimum Gasteiger partial charge on any atom is -0.497 e. The highest BCUT2D eigenvalue weighted by atomic mass is 16.5. The smallest absolute Gasteiger partial charge is 0.242 e. The summed E-state index contributed by atoms with van der Waals surface area (Å²) in [6.45, 7) is 6.79. The minimum absolute atomic E-state index is 0.0659. The van der Waals surface area contributed by atoms with Crippen LogP contribution < -0.4 is 10.1 Å². The quantitative estimate of drug-likeness (QED) is 0.722. The lowest BCUT2D eigenvalue weighted by Gasteiger charge is -2.30. The molecule has 0 heterocycles. The minimum atomic E-state index is -0.494. The molecule has 0 fully saturated rings. The van der Waals surface area contributed by atoms with Gasteiger partial charge in [0.15, 0.2) is 0 Å². The summed E-state index contributed by atoms with van der Waals surface area (Å²) >= 11 is 0. The number of nitrogens with zero attached hydrogens (tertiary/aromatic N) is 1. The first kappa shape index (κ1) is 21.5. The molecule has 0 aromatic heterocycles. The Morgan fingerprint density at radius 2 is 1.61 bits per heavy atom. The number of likely N-dealkylation sites (N-methyl/N-ethyl adjacent to an activating group) is 1. The van der Waals surface area contributed by atoms with Gasteiger partial charge in [-0.3, -0.25) is 9.59 Å². The number of carbonyl (C=O) groups excluding carboxylic acids is 2. The number of benzene rings is 2. The van der Waals surface area contributed by atoms with E-state index in [9.17, 15) is 9.59 Å². The normalized spacial score (nSPS) is 11.6. The summed E-state index contributed by atoms with van der Waals surface area (Å²) in [7, 11) is 1.61. The molecule has 0 bridgehead atoms. The average molecular weight is 383 g/mol. The Hall–Kier alpha value is -2.82. The fourth-order valence-corrected chi connectivity index (χ4v) is 3.12. The van der Waals surface area contributed by atoms with Crippen LogP contribution in [0.4, 0.5) is 0 Å². The van der Waals surface area contributed by atoms with Crippen molar-refractivity contribution in [3.8, 4) is 5.75 Å². The van der Waals surface area contributed by atoms with Crippen LogP contribution in [0.2, 0.25) is 0 Å². The second-order valence-electron chi connectivity index (χ2n) is 6.85. The molecule has 0 aliphatic rings. The van der Waals surface area contributed by atoms with Crippen molar-refractivity contribution in [2.24, 2.45) is 0 Å². The van der Waals surface area contributed by atoms with Crippen LogP contribution in [0.15, 0.2) is 48.5 Å². The van der Waals surface area contributed by atoms with Crippen LogP contribution >= 0.6 is 0 Å². The number of hydrogen-bond donors (Lipinski definition) is 1. The maximum absolute atomic E-state index is 13.2. The lowest BCUT2D eigenvalue weighted by atomic mass is 10.1. The van der Waals surface area contributed by atoms with Crippen LogP contribution in [0.5, 0.6) is 5.75 Å². The molecule has 2 amide bonds. The van der Waals surface area contributed by atoms with Crippen molar-refractivity contribution < 1.29 is 14.3 Å². The third-order valence-corrected chi connectivity index (χ3v) is 4.72. The highest BCUT2D eigenvalue weighted by molar-refractivity contribution is 5.88. The van der Waals surface area contributed by atoms with Gasteiger partial charge in [0.2, 0.25) is 11.8 Å². The molecular formula is C23H30N2O3. The van der Waals surface area contributed by atoms with Crippen LogP contribution in [-0.4, -0.2) is 36.4 Å². The largest absolute Gasteiger partial charge is 0.497 e. The van der Waals surface area contributed by atoms with E-state index in [-0.39, 0.29) is 18.2 Å². The summed E-state index contributed by atoms with van der Waals surface area (Å²) in [4.78, 5) is 27.4. The molecule has 0 saturated carbocycles. The highest BCUT2D eigenvalue weighted by Gasteiger charge is 2.28. The van der Waals surface area contributed by atoms with Crippen molar-refractivity contribution in [1.29, 1.82) is 0 Å². The molecule has 5 heteroatoms. The summed E-state index contributed by atoms with van der Waals surface area (Å²) in [6.07, 6.45) is 0.803. The second-order valence-corrected chi connectivity index (χ2v) is 6.85. The van der Waals surface area contributed by atoms with Crippen LogP contribution in [0.25, 0.3) is 0 Å². The van der Waals surface area contributed by atoms with E-state index in [1.165, 1.54) is 0 Å². The van der Waals surface area contributed by atoms with E-state index in [0.29, 0.717) is 19.5 Å². The van der Waals surface area contributed by atoms with Gasteiger partial charge >= 0.3 is 0 Å². The Balaban J connectivity index is 2.24. The zero-order valence-corrected chi connectivity index (χ0v) is 17.2. The van der Waals surface area contributed by atoms with Crippen molar-refractivity contribution >= 4 is 11.8 Å². The summed E-state index contributed by atoms with van der Waals surface area (Å²) in [6, 6.07) is 15.0. The molecule has 2 aromatic carbocycles. The zero-order chi connectivity index (χ0) is 20.5. The van der Waals surface area contributed by atoms with Crippen LogP contribution in [-0.2, 0) is 22.6 Å². The van der Waals surface area contributed by atoms with Gasteiger partial charge in [-0.1, -0.05) is 48.9 Å². The van der Waals surface area contributed by atoms with Crippen LogP contribution in [0.1, 0.15) is 37.0 Å². The van der Waals surface area contributed by atoms with Crippen molar-refractivity contribution in [2.75, 3.05) is 13.7 Å². The number of carbonyl (C=O) groups is 2. The molecule has 1 atom stereocenters. The molecule has 28 heavy (non-hydrogen) atoms. The number of ether oxygens (including phenoxy) is 1. The first-order chi connectivity index (χ1) is 13.5. The number of nitrogens with one attached hydrogen (secondary N) is 1. The Morgan fingerprint density at radius 1 is 1.00 bits per heavy atom. The lowest BCUT2D eigenvalue weighted by Crippen LogP contribution is -2.49. The maximum Gasteiger partial charge on any atom is 0.242 e. The predicted molar refractivity (Wildman–Crippen MR) is 111 cm³/mol. The SMILES string of the molecule is CCNC(=O)C(CC)N(Cc1ccc(C)cc1)C(=O)Cc1ccc(OC)cc1. The Bertz CT molecular complexity index is 769. The van der Waals surface area contributed by atoms with Gasteiger partial charge in [-0.2, -0.15) is 0 Å². The van der Waals surface area contributed by atoms with E-state index in [2.05, 4.69) is 5.32 Å². The third kappa shape index (κ3) is 5.84. The molecule has 1 N–H and O–H groups in total.